The summed E-state index contributed by atoms with van der Waals surface area (Å²) in [6, 6.07) is 5.35. The fourth-order valence-electron chi connectivity index (χ4n) is 1.94. The van der Waals surface area contributed by atoms with Crippen LogP contribution in [0, 0.1) is 0 Å². The van der Waals surface area contributed by atoms with Crippen LogP contribution in [0.25, 0.3) is 0 Å². The molecule has 0 aliphatic rings. The van der Waals surface area contributed by atoms with Crippen molar-refractivity contribution in [3.05, 3.63) is 23.8 Å². The minimum absolute atomic E-state index is 0.0509. The van der Waals surface area contributed by atoms with Gasteiger partial charge in [-0.2, -0.15) is 11.8 Å². The Balaban J connectivity index is 3.01. The van der Waals surface area contributed by atoms with Gasteiger partial charge in [-0.3, -0.25) is 4.79 Å². The van der Waals surface area contributed by atoms with Crippen molar-refractivity contribution < 1.29 is 9.53 Å². The Morgan fingerprint density at radius 2 is 2.21 bits per heavy atom. The number of methoxy groups -OCH3 is 1. The van der Waals surface area contributed by atoms with Gasteiger partial charge in [0.25, 0.3) is 5.91 Å². The number of nitrogens with two attached hydrogens (primary N) is 1. The summed E-state index contributed by atoms with van der Waals surface area (Å²) in [4.78, 5) is 14.3. The van der Waals surface area contributed by atoms with E-state index < -0.39 is 0 Å². The number of benzene rings is 1. The van der Waals surface area contributed by atoms with Crippen molar-refractivity contribution in [1.29, 1.82) is 0 Å². The first kappa shape index (κ1) is 15.7. The molecule has 19 heavy (non-hydrogen) atoms. The molecule has 2 N–H and O–H groups in total. The van der Waals surface area contributed by atoms with E-state index in [1.54, 1.807) is 42.0 Å². The van der Waals surface area contributed by atoms with E-state index in [4.69, 9.17) is 10.5 Å². The standard InChI is InChI=1S/C14H22N2O2S/c1-5-11(9-19-4)16(2)14(17)12-8-10(15)6-7-13(12)18-3/h6-8,11H,5,9,15H2,1-4H3. The zero-order chi connectivity index (χ0) is 14.4. The van der Waals surface area contributed by atoms with Crippen LogP contribution in [0.15, 0.2) is 18.2 Å². The normalized spacial score (nSPS) is 12.0. The van der Waals surface area contributed by atoms with Gasteiger partial charge in [-0.15, -0.1) is 0 Å². The quantitative estimate of drug-likeness (QED) is 0.814. The molecule has 1 aromatic rings. The molecule has 1 amide bonds. The monoisotopic (exact) mass is 282 g/mol. The van der Waals surface area contributed by atoms with E-state index >= 15 is 0 Å². The molecule has 5 heteroatoms. The molecular formula is C14H22N2O2S. The van der Waals surface area contributed by atoms with Crippen molar-refractivity contribution in [2.45, 2.75) is 19.4 Å². The first-order valence-electron chi connectivity index (χ1n) is 6.24. The number of nitrogen functional groups attached to an aromatic ring is 1. The molecule has 0 aromatic heterocycles. The van der Waals surface area contributed by atoms with Crippen LogP contribution in [0.3, 0.4) is 0 Å². The van der Waals surface area contributed by atoms with Gasteiger partial charge in [-0.1, -0.05) is 6.92 Å². The molecule has 1 unspecified atom stereocenters. The zero-order valence-electron chi connectivity index (χ0n) is 12.0. The smallest absolute Gasteiger partial charge is 0.257 e. The average molecular weight is 282 g/mol. The number of anilines is 1. The highest BCUT2D eigenvalue weighted by atomic mass is 32.2. The van der Waals surface area contributed by atoms with Gasteiger partial charge >= 0.3 is 0 Å². The van der Waals surface area contributed by atoms with Gasteiger partial charge in [0.15, 0.2) is 0 Å². The summed E-state index contributed by atoms with van der Waals surface area (Å²) in [5.74, 6) is 1.43. The van der Waals surface area contributed by atoms with Crippen molar-refractivity contribution >= 4 is 23.4 Å². The van der Waals surface area contributed by atoms with Crippen LogP contribution in [-0.2, 0) is 0 Å². The van der Waals surface area contributed by atoms with Crippen LogP contribution in [-0.4, -0.2) is 43.0 Å². The molecule has 4 nitrogen and oxygen atoms in total. The second-order valence-corrected chi connectivity index (χ2v) is 5.30. The SMILES string of the molecule is CCC(CSC)N(C)C(=O)c1cc(N)ccc1OC. The lowest BCUT2D eigenvalue weighted by Gasteiger charge is -2.27. The summed E-state index contributed by atoms with van der Waals surface area (Å²) in [5, 5.41) is 0. The van der Waals surface area contributed by atoms with E-state index in [1.807, 2.05) is 13.3 Å². The summed E-state index contributed by atoms with van der Waals surface area (Å²) in [6.07, 6.45) is 2.97. The average Bonchev–Trinajstić information content (AvgIpc) is 2.43. The molecule has 0 heterocycles. The molecule has 0 saturated heterocycles. The highest BCUT2D eigenvalue weighted by Gasteiger charge is 2.22. The molecule has 0 bridgehead atoms. The maximum atomic E-state index is 12.5. The van der Waals surface area contributed by atoms with Crippen molar-refractivity contribution in [3.8, 4) is 5.75 Å². The second-order valence-electron chi connectivity index (χ2n) is 4.39. The van der Waals surface area contributed by atoms with Crippen LogP contribution in [0.2, 0.25) is 0 Å². The number of thioether (sulfide) groups is 1. The van der Waals surface area contributed by atoms with Gasteiger partial charge in [0.1, 0.15) is 5.75 Å². The Morgan fingerprint density at radius 1 is 1.53 bits per heavy atom. The number of ether oxygens (including phenoxy) is 1. The molecule has 1 aromatic carbocycles. The molecule has 0 radical (unpaired) electrons. The fraction of sp³-hybridized carbons (Fsp3) is 0.500. The molecule has 0 aliphatic heterocycles. The fourth-order valence-corrected chi connectivity index (χ4v) is 2.79. The summed E-state index contributed by atoms with van der Waals surface area (Å²) >= 11 is 1.74. The predicted molar refractivity (Wildman–Crippen MR) is 82.0 cm³/mol. The Bertz CT molecular complexity index is 437. The van der Waals surface area contributed by atoms with Gasteiger partial charge < -0.3 is 15.4 Å². The number of rotatable bonds is 6. The molecule has 0 aliphatic carbocycles. The maximum Gasteiger partial charge on any atom is 0.257 e. The number of hydrogen-bond acceptors (Lipinski definition) is 4. The topological polar surface area (TPSA) is 55.6 Å². The number of carbonyl (C=O) groups is 1. The number of nitrogens with zero attached hydrogens (tertiary/aromatic N) is 1. The minimum Gasteiger partial charge on any atom is -0.496 e. The minimum atomic E-state index is -0.0509. The Labute approximate surface area is 119 Å². The summed E-state index contributed by atoms with van der Waals surface area (Å²) in [7, 11) is 3.39. The van der Waals surface area contributed by atoms with Gasteiger partial charge in [0, 0.05) is 24.5 Å². The lowest BCUT2D eigenvalue weighted by molar-refractivity contribution is 0.0740. The van der Waals surface area contributed by atoms with E-state index in [2.05, 4.69) is 6.92 Å². The van der Waals surface area contributed by atoms with Gasteiger partial charge in [-0.05, 0) is 30.9 Å². The summed E-state index contributed by atoms with van der Waals surface area (Å²) in [6.45, 7) is 2.08. The Kier molecular flexibility index (Phi) is 6.02. The van der Waals surface area contributed by atoms with Crippen molar-refractivity contribution in [2.24, 2.45) is 0 Å². The molecule has 1 rings (SSSR count). The summed E-state index contributed by atoms with van der Waals surface area (Å²) in [5.41, 5.74) is 6.84. The van der Waals surface area contributed by atoms with Crippen molar-refractivity contribution in [1.82, 2.24) is 4.90 Å². The second kappa shape index (κ2) is 7.28. The Morgan fingerprint density at radius 3 is 2.74 bits per heavy atom. The maximum absolute atomic E-state index is 12.5. The van der Waals surface area contributed by atoms with E-state index in [-0.39, 0.29) is 11.9 Å². The number of carbonyl (C=O) groups excluding carboxylic acids is 1. The molecule has 0 fully saturated rings. The largest absolute Gasteiger partial charge is 0.496 e. The number of hydrogen-bond donors (Lipinski definition) is 1. The number of amides is 1. The predicted octanol–water partition coefficient (Wildman–Crippen LogP) is 2.49. The lowest BCUT2D eigenvalue weighted by Crippen LogP contribution is -2.38. The van der Waals surface area contributed by atoms with Crippen LogP contribution >= 0.6 is 11.8 Å². The highest BCUT2D eigenvalue weighted by Crippen LogP contribution is 2.23. The molecule has 106 valence electrons. The Hall–Kier alpha value is -1.36. The molecular weight excluding hydrogens is 260 g/mol. The summed E-state index contributed by atoms with van der Waals surface area (Å²) < 4.78 is 5.24. The third-order valence-electron chi connectivity index (χ3n) is 3.15. The first-order chi connectivity index (χ1) is 9.04. The highest BCUT2D eigenvalue weighted by molar-refractivity contribution is 7.98. The van der Waals surface area contributed by atoms with Crippen LogP contribution < -0.4 is 10.5 Å². The van der Waals surface area contributed by atoms with Crippen LogP contribution in [0.1, 0.15) is 23.7 Å². The van der Waals surface area contributed by atoms with Gasteiger partial charge in [-0.25, -0.2) is 0 Å². The van der Waals surface area contributed by atoms with E-state index in [1.165, 1.54) is 0 Å². The van der Waals surface area contributed by atoms with Gasteiger partial charge in [0.2, 0.25) is 0 Å². The van der Waals surface area contributed by atoms with E-state index in [0.29, 0.717) is 17.0 Å². The molecule has 1 atom stereocenters. The zero-order valence-corrected chi connectivity index (χ0v) is 12.8. The van der Waals surface area contributed by atoms with Gasteiger partial charge in [0.05, 0.1) is 12.7 Å². The van der Waals surface area contributed by atoms with E-state index in [9.17, 15) is 4.79 Å². The molecule has 0 spiro atoms. The van der Waals surface area contributed by atoms with Crippen molar-refractivity contribution in [3.63, 3.8) is 0 Å². The van der Waals surface area contributed by atoms with E-state index in [0.717, 1.165) is 12.2 Å². The lowest BCUT2D eigenvalue weighted by atomic mass is 10.1. The first-order valence-corrected chi connectivity index (χ1v) is 7.64. The third-order valence-corrected chi connectivity index (χ3v) is 3.87. The van der Waals surface area contributed by atoms with Crippen molar-refractivity contribution in [2.75, 3.05) is 31.9 Å². The third kappa shape index (κ3) is 3.80. The van der Waals surface area contributed by atoms with Crippen LogP contribution in [0.5, 0.6) is 5.75 Å². The van der Waals surface area contributed by atoms with Crippen LogP contribution in [0.4, 0.5) is 5.69 Å². The molecule has 0 saturated carbocycles.